The molecule has 0 radical (unpaired) electrons. The molecule has 3 saturated heterocycles. The summed E-state index contributed by atoms with van der Waals surface area (Å²) >= 11 is 0. The van der Waals surface area contributed by atoms with Crippen LogP contribution in [0.3, 0.4) is 0 Å². The van der Waals surface area contributed by atoms with E-state index < -0.39 is 0 Å². The SMILES string of the molecule is CCCCCN1C(=O)C2C(NC3N(c4ccc(OCC)cc4)CCCN23)N(C)C1=O. The van der Waals surface area contributed by atoms with Crippen LogP contribution in [0.15, 0.2) is 24.3 Å². The molecule has 8 heteroatoms. The molecule has 164 valence electrons. The van der Waals surface area contributed by atoms with E-state index >= 15 is 0 Å². The van der Waals surface area contributed by atoms with E-state index in [1.54, 1.807) is 11.9 Å². The Hall–Kier alpha value is -2.32. The minimum Gasteiger partial charge on any atom is -0.494 e. The van der Waals surface area contributed by atoms with Gasteiger partial charge in [-0.3, -0.25) is 19.9 Å². The van der Waals surface area contributed by atoms with Crippen LogP contribution in [0.2, 0.25) is 0 Å². The second kappa shape index (κ2) is 8.81. The Morgan fingerprint density at radius 1 is 1.10 bits per heavy atom. The number of rotatable bonds is 7. The largest absolute Gasteiger partial charge is 0.494 e. The number of anilines is 1. The van der Waals surface area contributed by atoms with Crippen LogP contribution in [-0.2, 0) is 4.79 Å². The number of nitrogens with one attached hydrogen (secondary N) is 1. The van der Waals surface area contributed by atoms with Crippen molar-refractivity contribution in [2.45, 2.75) is 58.0 Å². The lowest BCUT2D eigenvalue weighted by Crippen LogP contribution is -2.66. The Morgan fingerprint density at radius 3 is 2.57 bits per heavy atom. The second-order valence-corrected chi connectivity index (χ2v) is 8.23. The molecule has 3 aliphatic heterocycles. The maximum Gasteiger partial charge on any atom is 0.327 e. The molecule has 4 rings (SSSR count). The van der Waals surface area contributed by atoms with Gasteiger partial charge in [0.1, 0.15) is 24.2 Å². The average molecular weight is 416 g/mol. The van der Waals surface area contributed by atoms with Crippen molar-refractivity contribution in [2.75, 3.05) is 38.2 Å². The lowest BCUT2D eigenvalue weighted by atomic mass is 10.1. The van der Waals surface area contributed by atoms with E-state index in [-0.39, 0.29) is 30.4 Å². The number of carbonyl (C=O) groups is 2. The lowest BCUT2D eigenvalue weighted by molar-refractivity contribution is -0.138. The third-order valence-electron chi connectivity index (χ3n) is 6.33. The zero-order valence-electron chi connectivity index (χ0n) is 18.2. The van der Waals surface area contributed by atoms with Crippen LogP contribution in [0.4, 0.5) is 10.5 Å². The Morgan fingerprint density at radius 2 is 1.87 bits per heavy atom. The van der Waals surface area contributed by atoms with Gasteiger partial charge in [0.25, 0.3) is 5.91 Å². The van der Waals surface area contributed by atoms with Crippen LogP contribution < -0.4 is 15.0 Å². The number of urea groups is 1. The molecule has 3 heterocycles. The summed E-state index contributed by atoms with van der Waals surface area (Å²) in [5.74, 6) is 0.786. The van der Waals surface area contributed by atoms with Crippen LogP contribution in [0.1, 0.15) is 39.5 Å². The highest BCUT2D eigenvalue weighted by molar-refractivity contribution is 6.00. The minimum atomic E-state index is -0.343. The summed E-state index contributed by atoms with van der Waals surface area (Å²) in [6.45, 7) is 6.97. The van der Waals surface area contributed by atoms with Gasteiger partial charge in [-0.2, -0.15) is 0 Å². The number of nitrogens with zero attached hydrogens (tertiary/aromatic N) is 4. The monoisotopic (exact) mass is 415 g/mol. The number of amides is 3. The molecule has 0 aromatic heterocycles. The number of hydrogen-bond donors (Lipinski definition) is 1. The van der Waals surface area contributed by atoms with Gasteiger partial charge >= 0.3 is 6.03 Å². The zero-order chi connectivity index (χ0) is 21.3. The number of fused-ring (bicyclic) bond motifs is 3. The predicted octanol–water partition coefficient (Wildman–Crippen LogP) is 2.26. The highest BCUT2D eigenvalue weighted by atomic mass is 16.5. The van der Waals surface area contributed by atoms with Crippen molar-refractivity contribution < 1.29 is 14.3 Å². The maximum atomic E-state index is 13.3. The molecule has 8 nitrogen and oxygen atoms in total. The van der Waals surface area contributed by atoms with Crippen molar-refractivity contribution in [3.63, 3.8) is 0 Å². The van der Waals surface area contributed by atoms with Gasteiger partial charge in [-0.15, -0.1) is 0 Å². The van der Waals surface area contributed by atoms with Crippen molar-refractivity contribution in [1.29, 1.82) is 0 Å². The number of unbranched alkanes of at least 4 members (excludes halogenated alkanes) is 2. The molecule has 0 bridgehead atoms. The van der Waals surface area contributed by atoms with E-state index in [0.29, 0.717) is 13.2 Å². The number of hydrogen-bond acceptors (Lipinski definition) is 6. The number of benzene rings is 1. The number of imide groups is 1. The van der Waals surface area contributed by atoms with Crippen molar-refractivity contribution in [2.24, 2.45) is 0 Å². The van der Waals surface area contributed by atoms with E-state index in [1.807, 2.05) is 19.1 Å². The molecule has 1 N–H and O–H groups in total. The second-order valence-electron chi connectivity index (χ2n) is 8.23. The Bertz CT molecular complexity index is 771. The molecule has 0 saturated carbocycles. The average Bonchev–Trinajstić information content (AvgIpc) is 3.15. The number of likely N-dealkylation sites (N-methyl/N-ethyl adjacent to an activating group) is 1. The quantitative estimate of drug-likeness (QED) is 0.689. The first-order chi connectivity index (χ1) is 14.6. The lowest BCUT2D eigenvalue weighted by Gasteiger charge is -2.44. The van der Waals surface area contributed by atoms with Gasteiger partial charge in [-0.1, -0.05) is 19.8 Å². The zero-order valence-corrected chi connectivity index (χ0v) is 18.2. The number of ether oxygens (including phenoxy) is 1. The smallest absolute Gasteiger partial charge is 0.327 e. The van der Waals surface area contributed by atoms with Gasteiger partial charge in [0.15, 0.2) is 0 Å². The Kier molecular flexibility index (Phi) is 6.15. The summed E-state index contributed by atoms with van der Waals surface area (Å²) in [6.07, 6.45) is 3.49. The maximum absolute atomic E-state index is 13.3. The topological polar surface area (TPSA) is 68.4 Å². The van der Waals surface area contributed by atoms with Crippen LogP contribution >= 0.6 is 0 Å². The minimum absolute atomic E-state index is 0.0669. The van der Waals surface area contributed by atoms with Crippen molar-refractivity contribution in [3.05, 3.63) is 24.3 Å². The third kappa shape index (κ3) is 3.63. The first kappa shape index (κ1) is 20.9. The Labute approximate surface area is 178 Å². The molecule has 30 heavy (non-hydrogen) atoms. The van der Waals surface area contributed by atoms with E-state index in [4.69, 9.17) is 4.74 Å². The normalized spacial score (nSPS) is 26.8. The standard InChI is InChI=1S/C22H33N5O3/c1-4-6-7-13-27-20(28)18-19(24(3)22(27)29)23-21-25(14-8-15-26(18)21)16-9-11-17(12-10-16)30-5-2/h9-12,18-19,21,23H,4-8,13-15H2,1-3H3. The number of carbonyl (C=O) groups excluding carboxylic acids is 2. The molecule has 3 unspecified atom stereocenters. The van der Waals surface area contributed by atoms with Gasteiger partial charge in [0, 0.05) is 32.4 Å². The van der Waals surface area contributed by atoms with E-state index in [9.17, 15) is 9.59 Å². The van der Waals surface area contributed by atoms with Crippen molar-refractivity contribution >= 4 is 17.6 Å². The summed E-state index contributed by atoms with van der Waals surface area (Å²) in [5, 5.41) is 3.56. The van der Waals surface area contributed by atoms with Crippen LogP contribution in [-0.4, -0.2) is 78.4 Å². The van der Waals surface area contributed by atoms with Gasteiger partial charge in [0.2, 0.25) is 0 Å². The fraction of sp³-hybridized carbons (Fsp3) is 0.636. The summed E-state index contributed by atoms with van der Waals surface area (Å²) in [4.78, 5) is 33.9. The molecular weight excluding hydrogens is 382 g/mol. The van der Waals surface area contributed by atoms with Crippen molar-refractivity contribution in [3.8, 4) is 5.75 Å². The fourth-order valence-corrected chi connectivity index (χ4v) is 4.81. The molecule has 0 aliphatic carbocycles. The fourth-order valence-electron chi connectivity index (χ4n) is 4.81. The summed E-state index contributed by atoms with van der Waals surface area (Å²) < 4.78 is 5.57. The first-order valence-electron chi connectivity index (χ1n) is 11.2. The highest BCUT2D eigenvalue weighted by Gasteiger charge is 2.55. The molecule has 3 aliphatic rings. The molecule has 3 amide bonds. The summed E-state index contributed by atoms with van der Waals surface area (Å²) in [6, 6.07) is 7.55. The molecule has 1 aromatic rings. The molecule has 0 spiro atoms. The van der Waals surface area contributed by atoms with Crippen molar-refractivity contribution in [1.82, 2.24) is 20.0 Å². The molecule has 1 aromatic carbocycles. The predicted molar refractivity (Wildman–Crippen MR) is 115 cm³/mol. The first-order valence-corrected chi connectivity index (χ1v) is 11.2. The van der Waals surface area contributed by atoms with E-state index in [2.05, 4.69) is 34.2 Å². The van der Waals surface area contributed by atoms with Crippen LogP contribution in [0, 0.1) is 0 Å². The van der Waals surface area contributed by atoms with Gasteiger partial charge in [-0.05, 0) is 44.0 Å². The molecular formula is C22H33N5O3. The Balaban J connectivity index is 1.55. The summed E-state index contributed by atoms with van der Waals surface area (Å²) in [7, 11) is 1.80. The molecule has 3 atom stereocenters. The van der Waals surface area contributed by atoms with E-state index in [0.717, 1.165) is 50.2 Å². The van der Waals surface area contributed by atoms with E-state index in [1.165, 1.54) is 4.90 Å². The van der Waals surface area contributed by atoms with Gasteiger partial charge in [0.05, 0.1) is 6.61 Å². The van der Waals surface area contributed by atoms with Gasteiger partial charge < -0.3 is 14.5 Å². The highest BCUT2D eigenvalue weighted by Crippen LogP contribution is 2.33. The summed E-state index contributed by atoms with van der Waals surface area (Å²) in [5.41, 5.74) is 1.08. The molecule has 3 fully saturated rings. The van der Waals surface area contributed by atoms with Crippen LogP contribution in [0.25, 0.3) is 0 Å². The van der Waals surface area contributed by atoms with Gasteiger partial charge in [-0.25, -0.2) is 4.79 Å². The third-order valence-corrected chi connectivity index (χ3v) is 6.33. The van der Waals surface area contributed by atoms with Crippen LogP contribution in [0.5, 0.6) is 5.75 Å².